The summed E-state index contributed by atoms with van der Waals surface area (Å²) in [4.78, 5) is 12.8. The second kappa shape index (κ2) is 4.18. The van der Waals surface area contributed by atoms with Gasteiger partial charge in [0.1, 0.15) is 0 Å². The first-order valence-electron chi connectivity index (χ1n) is 6.83. The molecule has 112 valence electrons. The van der Waals surface area contributed by atoms with Crippen molar-refractivity contribution in [3.8, 4) is 0 Å². The maximum atomic E-state index is 12.7. The third-order valence-corrected chi connectivity index (χ3v) is 6.28. The van der Waals surface area contributed by atoms with Gasteiger partial charge in [0.25, 0.3) is 15.9 Å². The van der Waals surface area contributed by atoms with Crippen LogP contribution in [0.15, 0.2) is 41.3 Å². The molecule has 1 fully saturated rings. The number of fused-ring (bicyclic) bond motifs is 1. The maximum Gasteiger partial charge on any atom is 0.280 e. The van der Waals surface area contributed by atoms with Gasteiger partial charge < -0.3 is 0 Å². The highest BCUT2D eigenvalue weighted by Crippen LogP contribution is 2.48. The molecule has 0 spiro atoms. The van der Waals surface area contributed by atoms with Gasteiger partial charge in [0.05, 0.1) is 15.8 Å². The number of allylic oxidation sites excluding steroid dienone is 1. The molecule has 1 saturated heterocycles. The molecule has 0 aromatic heterocycles. The molecule has 1 amide bonds. The Morgan fingerprint density at radius 3 is 2.38 bits per heavy atom. The summed E-state index contributed by atoms with van der Waals surface area (Å²) in [5.74, 6) is -0.407. The topological polar surface area (TPSA) is 66.5 Å². The minimum Gasteiger partial charge on any atom is -0.272 e. The molecule has 21 heavy (non-hydrogen) atoms. The maximum absolute atomic E-state index is 12.7. The number of carbonyl (C=O) groups is 1. The fourth-order valence-corrected chi connectivity index (χ4v) is 4.29. The van der Waals surface area contributed by atoms with E-state index in [0.717, 1.165) is 9.98 Å². The Morgan fingerprint density at radius 2 is 1.81 bits per heavy atom. The number of rotatable bonds is 2. The van der Waals surface area contributed by atoms with E-state index in [1.165, 1.54) is 12.1 Å². The van der Waals surface area contributed by atoms with E-state index in [4.69, 9.17) is 0 Å². The monoisotopic (exact) mass is 306 g/mol. The van der Waals surface area contributed by atoms with E-state index in [2.05, 4.69) is 5.43 Å². The standard InChI is InChI=1S/C15H18N2O3S/c1-11-5-7-12(8-6-11)21(19,20)17-13(18)14(2)9-4-10-15(14,3)16-17/h4-8,10,16H,9H2,1-3H3/t14-,15-/m1/s1. The minimum absolute atomic E-state index is 0.116. The van der Waals surface area contributed by atoms with E-state index in [9.17, 15) is 13.2 Å². The number of sulfonamides is 1. The van der Waals surface area contributed by atoms with Crippen molar-refractivity contribution in [2.75, 3.05) is 0 Å². The molecule has 2 atom stereocenters. The van der Waals surface area contributed by atoms with Gasteiger partial charge >= 0.3 is 0 Å². The summed E-state index contributed by atoms with van der Waals surface area (Å²) in [6.45, 7) is 5.53. The molecule has 0 saturated carbocycles. The van der Waals surface area contributed by atoms with E-state index in [1.807, 2.05) is 26.0 Å². The predicted molar refractivity (Wildman–Crippen MR) is 78.6 cm³/mol. The number of hydrogen-bond donors (Lipinski definition) is 1. The Balaban J connectivity index is 2.04. The van der Waals surface area contributed by atoms with Crippen LogP contribution in [0.1, 0.15) is 25.8 Å². The number of benzene rings is 1. The van der Waals surface area contributed by atoms with Gasteiger partial charge in [-0.05, 0) is 39.3 Å². The third-order valence-electron chi connectivity index (χ3n) is 4.67. The van der Waals surface area contributed by atoms with Crippen LogP contribution >= 0.6 is 0 Å². The Labute approximate surface area is 124 Å². The van der Waals surface area contributed by atoms with Gasteiger partial charge in [-0.15, -0.1) is 0 Å². The number of hydrazine groups is 1. The van der Waals surface area contributed by atoms with Crippen LogP contribution in [0.3, 0.4) is 0 Å². The minimum atomic E-state index is -3.88. The Kier molecular flexibility index (Phi) is 2.84. The first kappa shape index (κ1) is 14.3. The molecule has 1 N–H and O–H groups in total. The average molecular weight is 306 g/mol. The molecule has 0 bridgehead atoms. The summed E-state index contributed by atoms with van der Waals surface area (Å²) in [5.41, 5.74) is 2.42. The SMILES string of the molecule is Cc1ccc(S(=O)(=O)N2N[C@]3(C)C=CC[C@]3(C)C2=O)cc1. The fourth-order valence-electron chi connectivity index (χ4n) is 2.87. The molecule has 0 unspecified atom stereocenters. The Morgan fingerprint density at radius 1 is 1.19 bits per heavy atom. The smallest absolute Gasteiger partial charge is 0.272 e. The van der Waals surface area contributed by atoms with E-state index in [0.29, 0.717) is 6.42 Å². The molecule has 1 aromatic carbocycles. The van der Waals surface area contributed by atoms with Gasteiger partial charge in [-0.25, -0.2) is 5.43 Å². The van der Waals surface area contributed by atoms with Gasteiger partial charge in [-0.3, -0.25) is 4.79 Å². The summed E-state index contributed by atoms with van der Waals surface area (Å²) < 4.78 is 26.2. The number of nitrogens with zero attached hydrogens (tertiary/aromatic N) is 1. The van der Waals surface area contributed by atoms with Gasteiger partial charge in [0, 0.05) is 0 Å². The van der Waals surface area contributed by atoms with Crippen LogP contribution in [-0.4, -0.2) is 24.3 Å². The van der Waals surface area contributed by atoms with E-state index in [-0.39, 0.29) is 4.90 Å². The van der Waals surface area contributed by atoms with Gasteiger partial charge in [-0.1, -0.05) is 29.8 Å². The number of nitrogens with one attached hydrogen (secondary N) is 1. The van der Waals surface area contributed by atoms with Crippen LogP contribution in [0, 0.1) is 12.3 Å². The van der Waals surface area contributed by atoms with Crippen molar-refractivity contribution in [3.63, 3.8) is 0 Å². The van der Waals surface area contributed by atoms with Crippen LogP contribution < -0.4 is 5.43 Å². The summed E-state index contributed by atoms with van der Waals surface area (Å²) in [6.07, 6.45) is 4.32. The zero-order valence-corrected chi connectivity index (χ0v) is 13.1. The number of aryl methyl sites for hydroxylation is 1. The van der Waals surface area contributed by atoms with Crippen molar-refractivity contribution in [3.05, 3.63) is 42.0 Å². The van der Waals surface area contributed by atoms with Crippen LogP contribution in [0.2, 0.25) is 0 Å². The molecule has 1 aliphatic carbocycles. The number of carbonyl (C=O) groups excluding carboxylic acids is 1. The van der Waals surface area contributed by atoms with Crippen molar-refractivity contribution >= 4 is 15.9 Å². The summed E-state index contributed by atoms with van der Waals surface area (Å²) in [7, 11) is -3.88. The van der Waals surface area contributed by atoms with Crippen molar-refractivity contribution in [1.82, 2.24) is 9.84 Å². The zero-order valence-electron chi connectivity index (χ0n) is 12.3. The number of amides is 1. The highest BCUT2D eigenvalue weighted by molar-refractivity contribution is 7.89. The highest BCUT2D eigenvalue weighted by Gasteiger charge is 2.61. The molecule has 3 rings (SSSR count). The van der Waals surface area contributed by atoms with Crippen LogP contribution in [0.5, 0.6) is 0 Å². The second-order valence-corrected chi connectivity index (χ2v) is 7.93. The quantitative estimate of drug-likeness (QED) is 0.846. The molecular formula is C15H18N2O3S. The average Bonchev–Trinajstić information content (AvgIpc) is 2.82. The Hall–Kier alpha value is -1.66. The van der Waals surface area contributed by atoms with Crippen LogP contribution in [0.25, 0.3) is 0 Å². The first-order chi connectivity index (χ1) is 9.71. The van der Waals surface area contributed by atoms with Gasteiger partial charge in [-0.2, -0.15) is 12.8 Å². The predicted octanol–water partition coefficient (Wildman–Crippen LogP) is 1.76. The lowest BCUT2D eigenvalue weighted by Gasteiger charge is -2.28. The van der Waals surface area contributed by atoms with E-state index < -0.39 is 26.9 Å². The van der Waals surface area contributed by atoms with Crippen LogP contribution in [-0.2, 0) is 14.8 Å². The molecule has 2 aliphatic rings. The molecule has 1 aromatic rings. The van der Waals surface area contributed by atoms with Gasteiger partial charge in [0.2, 0.25) is 0 Å². The van der Waals surface area contributed by atoms with Crippen molar-refractivity contribution in [2.45, 2.75) is 37.6 Å². The molecule has 1 aliphatic heterocycles. The van der Waals surface area contributed by atoms with E-state index in [1.54, 1.807) is 19.1 Å². The van der Waals surface area contributed by atoms with Crippen LogP contribution in [0.4, 0.5) is 0 Å². The van der Waals surface area contributed by atoms with Crippen molar-refractivity contribution in [2.24, 2.45) is 5.41 Å². The molecular weight excluding hydrogens is 288 g/mol. The largest absolute Gasteiger partial charge is 0.280 e. The lowest BCUT2D eigenvalue weighted by molar-refractivity contribution is -0.132. The highest BCUT2D eigenvalue weighted by atomic mass is 32.2. The summed E-state index contributed by atoms with van der Waals surface area (Å²) in [6, 6.07) is 6.48. The first-order valence-corrected chi connectivity index (χ1v) is 8.27. The zero-order chi connectivity index (χ0) is 15.5. The normalized spacial score (nSPS) is 31.8. The number of hydrogen-bond acceptors (Lipinski definition) is 4. The molecule has 0 radical (unpaired) electrons. The summed E-state index contributed by atoms with van der Waals surface area (Å²) in [5, 5.41) is 0. The molecule has 5 nitrogen and oxygen atoms in total. The molecule has 6 heteroatoms. The van der Waals surface area contributed by atoms with E-state index >= 15 is 0 Å². The van der Waals surface area contributed by atoms with Gasteiger partial charge in [0.15, 0.2) is 0 Å². The second-order valence-electron chi connectivity index (χ2n) is 6.14. The van der Waals surface area contributed by atoms with Crippen molar-refractivity contribution in [1.29, 1.82) is 0 Å². The molecule has 1 heterocycles. The summed E-state index contributed by atoms with van der Waals surface area (Å²) >= 11 is 0. The Bertz CT molecular complexity index is 739. The third kappa shape index (κ3) is 1.79. The lowest BCUT2D eigenvalue weighted by Crippen LogP contribution is -2.47. The lowest BCUT2D eigenvalue weighted by atomic mass is 9.75. The van der Waals surface area contributed by atoms with Crippen molar-refractivity contribution < 1.29 is 13.2 Å². The fraction of sp³-hybridized carbons (Fsp3) is 0.400.